The van der Waals surface area contributed by atoms with Crippen LogP contribution in [-0.4, -0.2) is 32.8 Å². The maximum absolute atomic E-state index is 5.60. The van der Waals surface area contributed by atoms with Crippen molar-refractivity contribution in [2.75, 3.05) is 37.7 Å². The molecule has 0 aromatic heterocycles. The lowest BCUT2D eigenvalue weighted by Gasteiger charge is -2.25. The first-order valence-electron chi connectivity index (χ1n) is 5.70. The van der Waals surface area contributed by atoms with Crippen LogP contribution in [-0.2, 0) is 0 Å². The Hall–Kier alpha value is -1.26. The fourth-order valence-corrected chi connectivity index (χ4v) is 1.66. The highest BCUT2D eigenvalue weighted by atomic mass is 16.5. The van der Waals surface area contributed by atoms with Gasteiger partial charge in [0.25, 0.3) is 0 Å². The summed E-state index contributed by atoms with van der Waals surface area (Å²) in [5, 5.41) is 0. The lowest BCUT2D eigenvalue weighted by molar-refractivity contribution is 0.340. The Morgan fingerprint density at radius 2 is 1.75 bits per heavy atom. The third kappa shape index (κ3) is 3.40. The molecule has 1 aromatic rings. The Morgan fingerprint density at radius 1 is 1.12 bits per heavy atom. The SMILES string of the molecule is CCOc1ccccc1N(CCN)CCN. The summed E-state index contributed by atoms with van der Waals surface area (Å²) in [4.78, 5) is 2.16. The number of rotatable bonds is 7. The molecule has 0 fully saturated rings. The molecule has 4 heteroatoms. The van der Waals surface area contributed by atoms with Gasteiger partial charge in [-0.3, -0.25) is 0 Å². The Labute approximate surface area is 97.2 Å². The van der Waals surface area contributed by atoms with E-state index >= 15 is 0 Å². The topological polar surface area (TPSA) is 64.5 Å². The normalized spacial score (nSPS) is 10.2. The Morgan fingerprint density at radius 3 is 2.31 bits per heavy atom. The molecule has 90 valence electrons. The van der Waals surface area contributed by atoms with Gasteiger partial charge in [0.05, 0.1) is 12.3 Å². The van der Waals surface area contributed by atoms with Crippen molar-refractivity contribution in [2.24, 2.45) is 11.5 Å². The zero-order valence-electron chi connectivity index (χ0n) is 9.86. The van der Waals surface area contributed by atoms with Gasteiger partial charge >= 0.3 is 0 Å². The number of hydrogen-bond acceptors (Lipinski definition) is 4. The minimum absolute atomic E-state index is 0.612. The molecular formula is C12H21N3O. The third-order valence-corrected chi connectivity index (χ3v) is 2.30. The van der Waals surface area contributed by atoms with Gasteiger partial charge in [-0.2, -0.15) is 0 Å². The number of benzene rings is 1. The molecule has 1 rings (SSSR count). The Kier molecular flexibility index (Phi) is 5.67. The second kappa shape index (κ2) is 7.09. The molecule has 0 spiro atoms. The van der Waals surface area contributed by atoms with Crippen LogP contribution in [0.2, 0.25) is 0 Å². The molecule has 0 aliphatic rings. The Balaban J connectivity index is 2.87. The van der Waals surface area contributed by atoms with Crippen LogP contribution < -0.4 is 21.1 Å². The minimum atomic E-state index is 0.612. The van der Waals surface area contributed by atoms with E-state index in [1.807, 2.05) is 31.2 Å². The summed E-state index contributed by atoms with van der Waals surface area (Å²) >= 11 is 0. The van der Waals surface area contributed by atoms with Crippen LogP contribution in [0.3, 0.4) is 0 Å². The monoisotopic (exact) mass is 223 g/mol. The summed E-state index contributed by atoms with van der Waals surface area (Å²) in [5.41, 5.74) is 12.3. The standard InChI is InChI=1S/C12H21N3O/c1-2-16-12-6-4-3-5-11(12)15(9-7-13)10-8-14/h3-6H,2,7-10,13-14H2,1H3. The van der Waals surface area contributed by atoms with Crippen LogP contribution in [0.15, 0.2) is 24.3 Å². The maximum atomic E-state index is 5.60. The maximum Gasteiger partial charge on any atom is 0.142 e. The fraction of sp³-hybridized carbons (Fsp3) is 0.500. The quantitative estimate of drug-likeness (QED) is 0.718. The van der Waals surface area contributed by atoms with Crippen molar-refractivity contribution >= 4 is 5.69 Å². The first-order chi connectivity index (χ1) is 7.83. The Bertz CT molecular complexity index is 298. The number of hydrogen-bond donors (Lipinski definition) is 2. The molecule has 0 bridgehead atoms. The van der Waals surface area contributed by atoms with E-state index in [2.05, 4.69) is 4.90 Å². The van der Waals surface area contributed by atoms with Crippen LogP contribution >= 0.6 is 0 Å². The molecule has 16 heavy (non-hydrogen) atoms. The fourth-order valence-electron chi connectivity index (χ4n) is 1.66. The van der Waals surface area contributed by atoms with E-state index < -0.39 is 0 Å². The molecule has 0 saturated heterocycles. The molecule has 1 aromatic carbocycles. The van der Waals surface area contributed by atoms with Gasteiger partial charge in [-0.05, 0) is 19.1 Å². The lowest BCUT2D eigenvalue weighted by Crippen LogP contribution is -2.34. The number of nitrogens with zero attached hydrogens (tertiary/aromatic N) is 1. The number of anilines is 1. The summed E-state index contributed by atoms with van der Waals surface area (Å²) < 4.78 is 5.59. The zero-order chi connectivity index (χ0) is 11.8. The number of para-hydroxylation sites is 2. The summed E-state index contributed by atoms with van der Waals surface area (Å²) in [6, 6.07) is 7.98. The average molecular weight is 223 g/mol. The van der Waals surface area contributed by atoms with Crippen molar-refractivity contribution in [2.45, 2.75) is 6.92 Å². The van der Waals surface area contributed by atoms with Crippen LogP contribution in [0.25, 0.3) is 0 Å². The van der Waals surface area contributed by atoms with Crippen molar-refractivity contribution in [3.63, 3.8) is 0 Å². The minimum Gasteiger partial charge on any atom is -0.492 e. The van der Waals surface area contributed by atoms with Gasteiger partial charge < -0.3 is 21.1 Å². The summed E-state index contributed by atoms with van der Waals surface area (Å²) in [6.45, 7) is 5.45. The molecule has 0 radical (unpaired) electrons. The van der Waals surface area contributed by atoms with Crippen molar-refractivity contribution in [1.29, 1.82) is 0 Å². The lowest BCUT2D eigenvalue weighted by atomic mass is 10.2. The van der Waals surface area contributed by atoms with Crippen LogP contribution in [0.5, 0.6) is 5.75 Å². The van der Waals surface area contributed by atoms with Crippen molar-refractivity contribution in [1.82, 2.24) is 0 Å². The molecule has 0 saturated carbocycles. The second-order valence-electron chi connectivity index (χ2n) is 3.47. The molecular weight excluding hydrogens is 202 g/mol. The van der Waals surface area contributed by atoms with E-state index in [4.69, 9.17) is 16.2 Å². The van der Waals surface area contributed by atoms with E-state index in [-0.39, 0.29) is 0 Å². The highest BCUT2D eigenvalue weighted by Gasteiger charge is 2.09. The predicted molar refractivity (Wildman–Crippen MR) is 67.9 cm³/mol. The van der Waals surface area contributed by atoms with Gasteiger partial charge in [-0.1, -0.05) is 12.1 Å². The van der Waals surface area contributed by atoms with Crippen molar-refractivity contribution in [3.05, 3.63) is 24.3 Å². The summed E-state index contributed by atoms with van der Waals surface area (Å²) in [7, 11) is 0. The zero-order valence-corrected chi connectivity index (χ0v) is 9.86. The van der Waals surface area contributed by atoms with Gasteiger partial charge in [-0.25, -0.2) is 0 Å². The first kappa shape index (κ1) is 12.8. The molecule has 0 heterocycles. The second-order valence-corrected chi connectivity index (χ2v) is 3.47. The van der Waals surface area contributed by atoms with Crippen LogP contribution in [0, 0.1) is 0 Å². The molecule has 4 nitrogen and oxygen atoms in total. The molecule has 0 aliphatic carbocycles. The van der Waals surface area contributed by atoms with E-state index in [9.17, 15) is 0 Å². The molecule has 0 unspecified atom stereocenters. The van der Waals surface area contributed by atoms with Gasteiger partial charge in [-0.15, -0.1) is 0 Å². The smallest absolute Gasteiger partial charge is 0.142 e. The largest absolute Gasteiger partial charge is 0.492 e. The molecule has 0 atom stereocenters. The summed E-state index contributed by atoms with van der Waals surface area (Å²) in [6.07, 6.45) is 0. The van der Waals surface area contributed by atoms with E-state index in [0.29, 0.717) is 19.7 Å². The van der Waals surface area contributed by atoms with E-state index in [1.165, 1.54) is 0 Å². The highest BCUT2D eigenvalue weighted by molar-refractivity contribution is 5.58. The van der Waals surface area contributed by atoms with Crippen molar-refractivity contribution < 1.29 is 4.74 Å². The van der Waals surface area contributed by atoms with Gasteiger partial charge in [0, 0.05) is 26.2 Å². The van der Waals surface area contributed by atoms with E-state index in [1.54, 1.807) is 0 Å². The van der Waals surface area contributed by atoms with Crippen LogP contribution in [0.4, 0.5) is 5.69 Å². The van der Waals surface area contributed by atoms with Crippen LogP contribution in [0.1, 0.15) is 6.92 Å². The summed E-state index contributed by atoms with van der Waals surface area (Å²) in [5.74, 6) is 0.895. The predicted octanol–water partition coefficient (Wildman–Crippen LogP) is 0.809. The highest BCUT2D eigenvalue weighted by Crippen LogP contribution is 2.27. The van der Waals surface area contributed by atoms with Gasteiger partial charge in [0.1, 0.15) is 5.75 Å². The molecule has 4 N–H and O–H groups in total. The number of ether oxygens (including phenoxy) is 1. The van der Waals surface area contributed by atoms with E-state index in [0.717, 1.165) is 24.5 Å². The number of nitrogens with two attached hydrogens (primary N) is 2. The first-order valence-corrected chi connectivity index (χ1v) is 5.70. The molecule has 0 aliphatic heterocycles. The van der Waals surface area contributed by atoms with Crippen molar-refractivity contribution in [3.8, 4) is 5.75 Å². The van der Waals surface area contributed by atoms with Gasteiger partial charge in [0.2, 0.25) is 0 Å². The average Bonchev–Trinajstić information content (AvgIpc) is 2.30. The van der Waals surface area contributed by atoms with Gasteiger partial charge in [0.15, 0.2) is 0 Å². The third-order valence-electron chi connectivity index (χ3n) is 2.30. The molecule has 0 amide bonds.